The first-order valence-corrected chi connectivity index (χ1v) is 7.02. The van der Waals surface area contributed by atoms with Gasteiger partial charge in [-0.3, -0.25) is 4.79 Å². The molecule has 1 unspecified atom stereocenters. The number of nitrogens with zero attached hydrogens (tertiary/aromatic N) is 1. The number of aliphatic hydroxyl groups is 1. The van der Waals surface area contributed by atoms with Gasteiger partial charge in [0.05, 0.1) is 11.5 Å². The third-order valence-corrected chi connectivity index (χ3v) is 4.40. The van der Waals surface area contributed by atoms with Crippen molar-refractivity contribution in [3.8, 4) is 0 Å². The molecule has 0 aromatic rings. The number of carboxylic acids is 1. The molecule has 20 heavy (non-hydrogen) atoms. The van der Waals surface area contributed by atoms with Crippen molar-refractivity contribution in [1.82, 2.24) is 10.2 Å². The van der Waals surface area contributed by atoms with Crippen LogP contribution < -0.4 is 5.32 Å². The van der Waals surface area contributed by atoms with Crippen LogP contribution in [0.3, 0.4) is 0 Å². The summed E-state index contributed by atoms with van der Waals surface area (Å²) >= 11 is 0. The molecule has 1 heterocycles. The first-order chi connectivity index (χ1) is 9.04. The van der Waals surface area contributed by atoms with Crippen LogP contribution in [0.4, 0.5) is 4.79 Å². The SMILES string of the molecule is CC(C)(O)C(C)(C)CNC(=O)N1CCCC(C(=O)O)C1. The lowest BCUT2D eigenvalue weighted by atomic mass is 9.77. The van der Waals surface area contributed by atoms with Crippen molar-refractivity contribution in [1.29, 1.82) is 0 Å². The number of urea groups is 1. The number of aliphatic carboxylic acids is 1. The van der Waals surface area contributed by atoms with Gasteiger partial charge in [-0.1, -0.05) is 13.8 Å². The fraction of sp³-hybridized carbons (Fsp3) is 0.857. The zero-order valence-electron chi connectivity index (χ0n) is 12.8. The Bertz CT molecular complexity index is 374. The van der Waals surface area contributed by atoms with E-state index in [1.54, 1.807) is 18.7 Å². The highest BCUT2D eigenvalue weighted by molar-refractivity contribution is 5.76. The molecule has 2 amide bonds. The average Bonchev–Trinajstić information content (AvgIpc) is 2.34. The van der Waals surface area contributed by atoms with Crippen molar-refractivity contribution < 1.29 is 19.8 Å². The molecule has 1 aliphatic rings. The fourth-order valence-corrected chi connectivity index (χ4v) is 1.99. The Morgan fingerprint density at radius 2 is 1.90 bits per heavy atom. The maximum Gasteiger partial charge on any atom is 0.317 e. The van der Waals surface area contributed by atoms with Gasteiger partial charge in [0.25, 0.3) is 0 Å². The molecule has 1 aliphatic heterocycles. The van der Waals surface area contributed by atoms with Gasteiger partial charge in [0.1, 0.15) is 0 Å². The molecular weight excluding hydrogens is 260 g/mol. The van der Waals surface area contributed by atoms with Crippen LogP contribution in [0.5, 0.6) is 0 Å². The lowest BCUT2D eigenvalue weighted by molar-refractivity contribution is -0.143. The third kappa shape index (κ3) is 4.10. The van der Waals surface area contributed by atoms with Crippen LogP contribution >= 0.6 is 0 Å². The summed E-state index contributed by atoms with van der Waals surface area (Å²) in [7, 11) is 0. The zero-order valence-corrected chi connectivity index (χ0v) is 12.8. The van der Waals surface area contributed by atoms with Crippen LogP contribution in [0.1, 0.15) is 40.5 Å². The molecule has 0 aliphatic carbocycles. The molecule has 0 aromatic carbocycles. The monoisotopic (exact) mass is 286 g/mol. The summed E-state index contributed by atoms with van der Waals surface area (Å²) in [5, 5.41) is 21.8. The standard InChI is InChI=1S/C14H26N2O4/c1-13(2,14(3,4)20)9-15-12(19)16-7-5-6-10(8-16)11(17)18/h10,20H,5-9H2,1-4H3,(H,15,19)(H,17,18). The van der Waals surface area contributed by atoms with Gasteiger partial charge in [-0.05, 0) is 26.7 Å². The van der Waals surface area contributed by atoms with E-state index in [0.717, 1.165) is 0 Å². The van der Waals surface area contributed by atoms with Gasteiger partial charge in [0, 0.05) is 25.0 Å². The molecule has 0 bridgehead atoms. The Hall–Kier alpha value is -1.30. The summed E-state index contributed by atoms with van der Waals surface area (Å²) in [5.41, 5.74) is -1.38. The van der Waals surface area contributed by atoms with Crippen molar-refractivity contribution in [2.24, 2.45) is 11.3 Å². The topological polar surface area (TPSA) is 89.9 Å². The van der Waals surface area contributed by atoms with Crippen LogP contribution in [0.2, 0.25) is 0 Å². The highest BCUT2D eigenvalue weighted by atomic mass is 16.4. The molecule has 0 aromatic heterocycles. The van der Waals surface area contributed by atoms with Gasteiger partial charge in [-0.25, -0.2) is 4.79 Å². The Labute approximate surface area is 120 Å². The van der Waals surface area contributed by atoms with Crippen LogP contribution in [0.25, 0.3) is 0 Å². The van der Waals surface area contributed by atoms with E-state index >= 15 is 0 Å². The van der Waals surface area contributed by atoms with Crippen molar-refractivity contribution in [2.75, 3.05) is 19.6 Å². The van der Waals surface area contributed by atoms with E-state index in [-0.39, 0.29) is 12.6 Å². The molecule has 116 valence electrons. The van der Waals surface area contributed by atoms with Crippen molar-refractivity contribution in [3.05, 3.63) is 0 Å². The fourth-order valence-electron chi connectivity index (χ4n) is 1.99. The second-order valence-corrected chi connectivity index (χ2v) is 6.73. The Morgan fingerprint density at radius 3 is 2.40 bits per heavy atom. The third-order valence-electron chi connectivity index (χ3n) is 4.40. The minimum Gasteiger partial charge on any atom is -0.481 e. The number of amides is 2. The molecule has 0 saturated carbocycles. The number of hydrogen-bond acceptors (Lipinski definition) is 3. The highest BCUT2D eigenvalue weighted by Gasteiger charge is 2.36. The number of hydrogen-bond donors (Lipinski definition) is 3. The second kappa shape index (κ2) is 5.99. The minimum atomic E-state index is -0.911. The molecule has 1 fully saturated rings. The van der Waals surface area contributed by atoms with Crippen LogP contribution in [-0.2, 0) is 4.79 Å². The first kappa shape index (κ1) is 16.8. The number of rotatable bonds is 4. The van der Waals surface area contributed by atoms with Gasteiger partial charge < -0.3 is 20.4 Å². The number of carboxylic acid groups (broad SMARTS) is 1. The van der Waals surface area contributed by atoms with E-state index < -0.39 is 22.9 Å². The lowest BCUT2D eigenvalue weighted by Crippen LogP contribution is -2.52. The Balaban J connectivity index is 2.53. The predicted octanol–water partition coefficient (Wildman–Crippen LogP) is 1.29. The van der Waals surface area contributed by atoms with Gasteiger partial charge in [0.2, 0.25) is 0 Å². The maximum absolute atomic E-state index is 12.1. The number of likely N-dealkylation sites (tertiary alicyclic amines) is 1. The molecule has 3 N–H and O–H groups in total. The van der Waals surface area contributed by atoms with E-state index in [9.17, 15) is 14.7 Å². The van der Waals surface area contributed by atoms with E-state index in [1.807, 2.05) is 13.8 Å². The summed E-state index contributed by atoms with van der Waals surface area (Å²) < 4.78 is 0. The normalized spacial score (nSPS) is 20.6. The van der Waals surface area contributed by atoms with Crippen molar-refractivity contribution in [2.45, 2.75) is 46.1 Å². The van der Waals surface area contributed by atoms with E-state index in [1.165, 1.54) is 0 Å². The Kier molecular flexibility index (Phi) is 5.02. The number of piperidine rings is 1. The summed E-state index contributed by atoms with van der Waals surface area (Å²) in [5.74, 6) is -1.32. The summed E-state index contributed by atoms with van der Waals surface area (Å²) in [6, 6.07) is -0.256. The Morgan fingerprint density at radius 1 is 1.30 bits per heavy atom. The number of carbonyl (C=O) groups excluding carboxylic acids is 1. The van der Waals surface area contributed by atoms with Crippen LogP contribution in [0, 0.1) is 11.3 Å². The second-order valence-electron chi connectivity index (χ2n) is 6.73. The summed E-state index contributed by atoms with van der Waals surface area (Å²) in [6.45, 7) is 8.35. The van der Waals surface area contributed by atoms with Gasteiger partial charge >= 0.3 is 12.0 Å². The van der Waals surface area contributed by atoms with Gasteiger partial charge in [0.15, 0.2) is 0 Å². The minimum absolute atomic E-state index is 0.254. The van der Waals surface area contributed by atoms with E-state index in [0.29, 0.717) is 25.9 Å². The average molecular weight is 286 g/mol. The van der Waals surface area contributed by atoms with Crippen LogP contribution in [-0.4, -0.2) is 52.3 Å². The number of nitrogens with one attached hydrogen (secondary N) is 1. The predicted molar refractivity (Wildman–Crippen MR) is 75.4 cm³/mol. The zero-order chi connectivity index (χ0) is 15.6. The molecule has 0 spiro atoms. The first-order valence-electron chi connectivity index (χ1n) is 7.02. The number of carbonyl (C=O) groups is 2. The molecular formula is C14H26N2O4. The largest absolute Gasteiger partial charge is 0.481 e. The van der Waals surface area contributed by atoms with E-state index in [2.05, 4.69) is 5.32 Å². The highest BCUT2D eigenvalue weighted by Crippen LogP contribution is 2.29. The smallest absolute Gasteiger partial charge is 0.317 e. The molecule has 6 heteroatoms. The molecule has 1 atom stereocenters. The van der Waals surface area contributed by atoms with Crippen LogP contribution in [0.15, 0.2) is 0 Å². The van der Waals surface area contributed by atoms with Gasteiger partial charge in [-0.15, -0.1) is 0 Å². The quantitative estimate of drug-likeness (QED) is 0.726. The van der Waals surface area contributed by atoms with E-state index in [4.69, 9.17) is 5.11 Å². The maximum atomic E-state index is 12.1. The molecule has 0 radical (unpaired) electrons. The van der Waals surface area contributed by atoms with Gasteiger partial charge in [-0.2, -0.15) is 0 Å². The lowest BCUT2D eigenvalue weighted by Gasteiger charge is -2.38. The van der Waals surface area contributed by atoms with Crippen molar-refractivity contribution >= 4 is 12.0 Å². The molecule has 1 rings (SSSR count). The summed E-state index contributed by atoms with van der Waals surface area (Å²) in [6.07, 6.45) is 1.33. The molecule has 6 nitrogen and oxygen atoms in total. The van der Waals surface area contributed by atoms with Crippen molar-refractivity contribution in [3.63, 3.8) is 0 Å². The summed E-state index contributed by atoms with van der Waals surface area (Å²) in [4.78, 5) is 24.6. The molecule has 1 saturated heterocycles.